The van der Waals surface area contributed by atoms with Crippen LogP contribution in [0.4, 0.5) is 5.95 Å². The highest BCUT2D eigenvalue weighted by Gasteiger charge is 2.28. The summed E-state index contributed by atoms with van der Waals surface area (Å²) in [6, 6.07) is 3.68. The van der Waals surface area contributed by atoms with E-state index in [9.17, 15) is 4.79 Å². The smallest absolute Gasteiger partial charge is 0.226 e. The van der Waals surface area contributed by atoms with Gasteiger partial charge in [-0.15, -0.1) is 0 Å². The lowest BCUT2D eigenvalue weighted by atomic mass is 10.1. The summed E-state index contributed by atoms with van der Waals surface area (Å²) in [5.41, 5.74) is 0.395. The van der Waals surface area contributed by atoms with Crippen molar-refractivity contribution in [2.45, 2.75) is 32.4 Å². The van der Waals surface area contributed by atoms with Crippen molar-refractivity contribution in [3.8, 4) is 6.07 Å². The minimum absolute atomic E-state index is 0.0417. The Balaban J connectivity index is 0.000000315. The summed E-state index contributed by atoms with van der Waals surface area (Å²) in [5.74, 6) is 0.540. The van der Waals surface area contributed by atoms with E-state index in [-0.39, 0.29) is 11.6 Å². The number of hydrogen-bond donors (Lipinski definition) is 1. The number of rotatable bonds is 3. The molecule has 0 spiro atoms. The van der Waals surface area contributed by atoms with Gasteiger partial charge in [0.25, 0.3) is 0 Å². The zero-order valence-electron chi connectivity index (χ0n) is 12.8. The number of anilines is 1. The number of nitriles is 1. The van der Waals surface area contributed by atoms with Gasteiger partial charge in [-0.3, -0.25) is 4.79 Å². The Hall–Kier alpha value is -2.20. The molecule has 7 heteroatoms. The van der Waals surface area contributed by atoms with Gasteiger partial charge in [0.1, 0.15) is 11.8 Å². The lowest BCUT2D eigenvalue weighted by Gasteiger charge is -2.38. The second kappa shape index (κ2) is 7.55. The highest BCUT2D eigenvalue weighted by Crippen LogP contribution is 2.15. The molecule has 2 rings (SSSR count). The molecular weight excluding hydrogens is 270 g/mol. The van der Waals surface area contributed by atoms with Crippen molar-refractivity contribution in [2.75, 3.05) is 25.1 Å². The molecule has 1 fully saturated rings. The first-order valence-corrected chi connectivity index (χ1v) is 6.62. The van der Waals surface area contributed by atoms with Gasteiger partial charge in [0, 0.05) is 26.4 Å². The second-order valence-corrected chi connectivity index (χ2v) is 5.56. The monoisotopic (exact) mass is 291 g/mol. The fourth-order valence-corrected chi connectivity index (χ4v) is 1.41. The molecule has 1 saturated heterocycles. The van der Waals surface area contributed by atoms with Crippen LogP contribution >= 0.6 is 0 Å². The van der Waals surface area contributed by atoms with E-state index in [1.807, 2.05) is 31.7 Å². The van der Waals surface area contributed by atoms with Gasteiger partial charge in [-0.25, -0.2) is 9.97 Å². The van der Waals surface area contributed by atoms with Crippen LogP contribution in [0.2, 0.25) is 0 Å². The van der Waals surface area contributed by atoms with E-state index in [2.05, 4.69) is 15.3 Å². The van der Waals surface area contributed by atoms with Crippen LogP contribution in [0.25, 0.3) is 0 Å². The van der Waals surface area contributed by atoms with E-state index >= 15 is 0 Å². The zero-order chi connectivity index (χ0) is 15.9. The molecule has 1 aromatic rings. The van der Waals surface area contributed by atoms with Gasteiger partial charge in [0.2, 0.25) is 12.4 Å². The second-order valence-electron chi connectivity index (χ2n) is 5.56. The summed E-state index contributed by atoms with van der Waals surface area (Å²) in [7, 11) is 1.71. The minimum Gasteiger partial charge on any atom is -0.379 e. The Labute approximate surface area is 124 Å². The maximum atomic E-state index is 10.1. The number of nitrogens with one attached hydrogen (secondary N) is 1. The molecular formula is C14H21N5O2. The van der Waals surface area contributed by atoms with Crippen LogP contribution in [0.15, 0.2) is 12.3 Å². The summed E-state index contributed by atoms with van der Waals surface area (Å²) in [6.07, 6.45) is 2.25. The summed E-state index contributed by atoms with van der Waals surface area (Å²) >= 11 is 0. The topological polar surface area (TPSA) is 91.1 Å². The highest BCUT2D eigenvalue weighted by molar-refractivity contribution is 5.49. The summed E-state index contributed by atoms with van der Waals surface area (Å²) in [6.45, 7) is 7.44. The lowest BCUT2D eigenvalue weighted by molar-refractivity contribution is -0.110. The highest BCUT2D eigenvalue weighted by atomic mass is 16.5. The van der Waals surface area contributed by atoms with Crippen LogP contribution in [0.1, 0.15) is 26.5 Å². The number of amides is 1. The van der Waals surface area contributed by atoms with Crippen molar-refractivity contribution in [2.24, 2.45) is 0 Å². The van der Waals surface area contributed by atoms with Gasteiger partial charge in [-0.2, -0.15) is 5.26 Å². The van der Waals surface area contributed by atoms with Gasteiger partial charge < -0.3 is 15.0 Å². The normalized spacial score (nSPS) is 14.3. The average molecular weight is 291 g/mol. The number of aromatic nitrogens is 2. The molecule has 0 bridgehead atoms. The third-order valence-corrected chi connectivity index (χ3v) is 2.84. The Morgan fingerprint density at radius 2 is 2.14 bits per heavy atom. The quantitative estimate of drug-likeness (QED) is 0.825. The molecule has 0 saturated carbocycles. The molecule has 7 nitrogen and oxygen atoms in total. The Bertz CT molecular complexity index is 501. The molecule has 114 valence electrons. The molecule has 0 atom stereocenters. The van der Waals surface area contributed by atoms with E-state index < -0.39 is 0 Å². The third-order valence-electron chi connectivity index (χ3n) is 2.84. The van der Waals surface area contributed by atoms with Crippen molar-refractivity contribution in [1.29, 1.82) is 5.26 Å². The minimum atomic E-state index is 0.0417. The van der Waals surface area contributed by atoms with E-state index in [1.165, 1.54) is 0 Å². The van der Waals surface area contributed by atoms with E-state index in [4.69, 9.17) is 10.00 Å². The molecule has 2 heterocycles. The van der Waals surface area contributed by atoms with Crippen LogP contribution in [0, 0.1) is 11.3 Å². The predicted octanol–water partition coefficient (Wildman–Crippen LogP) is 0.714. The van der Waals surface area contributed by atoms with Crippen LogP contribution in [0.3, 0.4) is 0 Å². The molecule has 1 amide bonds. The van der Waals surface area contributed by atoms with Crippen molar-refractivity contribution in [3.63, 3.8) is 0 Å². The number of hydrogen-bond acceptors (Lipinski definition) is 6. The third kappa shape index (κ3) is 5.75. The van der Waals surface area contributed by atoms with Gasteiger partial charge in [-0.05, 0) is 26.8 Å². The van der Waals surface area contributed by atoms with Gasteiger partial charge in [-0.1, -0.05) is 0 Å². The maximum Gasteiger partial charge on any atom is 0.226 e. The van der Waals surface area contributed by atoms with Crippen molar-refractivity contribution in [3.05, 3.63) is 18.0 Å². The van der Waals surface area contributed by atoms with Gasteiger partial charge >= 0.3 is 0 Å². The first kappa shape index (κ1) is 16.9. The fourth-order valence-electron chi connectivity index (χ4n) is 1.41. The average Bonchev–Trinajstić information content (AvgIpc) is 2.42. The molecule has 0 radical (unpaired) electrons. The first-order chi connectivity index (χ1) is 9.89. The lowest BCUT2D eigenvalue weighted by Crippen LogP contribution is -2.58. The molecule has 1 N–H and O–H groups in total. The molecule has 1 aliphatic heterocycles. The molecule has 0 aliphatic carbocycles. The number of methoxy groups -OCH3 is 1. The van der Waals surface area contributed by atoms with Gasteiger partial charge in [0.05, 0.1) is 11.6 Å². The Morgan fingerprint density at radius 3 is 2.62 bits per heavy atom. The maximum absolute atomic E-state index is 10.1. The SMILES string of the molecule is COC(C)(C)C.N#Cc1ccnc(N2CC(NC=O)C2)n1. The molecule has 0 aromatic carbocycles. The van der Waals surface area contributed by atoms with Crippen LogP contribution in [-0.4, -0.2) is 48.2 Å². The fraction of sp³-hybridized carbons (Fsp3) is 0.571. The van der Waals surface area contributed by atoms with E-state index in [0.717, 1.165) is 0 Å². The van der Waals surface area contributed by atoms with Crippen LogP contribution < -0.4 is 10.2 Å². The summed E-state index contributed by atoms with van der Waals surface area (Å²) in [4.78, 5) is 20.1. The standard InChI is InChI=1S/C9H9N5O.C5H12O/c10-3-7-1-2-11-9(13-7)14-4-8(5-14)12-6-15;1-5(2,3)6-4/h1-2,6,8H,4-5H2,(H,12,15);1-4H3. The van der Waals surface area contributed by atoms with E-state index in [1.54, 1.807) is 19.4 Å². The Morgan fingerprint density at radius 1 is 1.52 bits per heavy atom. The number of nitrogens with zero attached hydrogens (tertiary/aromatic N) is 4. The Kier molecular flexibility index (Phi) is 6.06. The van der Waals surface area contributed by atoms with Crippen LogP contribution in [-0.2, 0) is 9.53 Å². The zero-order valence-corrected chi connectivity index (χ0v) is 12.8. The van der Waals surface area contributed by atoms with Crippen molar-refractivity contribution < 1.29 is 9.53 Å². The summed E-state index contributed by atoms with van der Waals surface area (Å²) < 4.78 is 4.94. The van der Waals surface area contributed by atoms with Crippen molar-refractivity contribution in [1.82, 2.24) is 15.3 Å². The number of carbonyl (C=O) groups is 1. The predicted molar refractivity (Wildman–Crippen MR) is 78.7 cm³/mol. The van der Waals surface area contributed by atoms with Crippen molar-refractivity contribution >= 4 is 12.4 Å². The largest absolute Gasteiger partial charge is 0.379 e. The number of carbonyl (C=O) groups excluding carboxylic acids is 1. The van der Waals surface area contributed by atoms with E-state index in [0.29, 0.717) is 31.1 Å². The molecule has 21 heavy (non-hydrogen) atoms. The number of ether oxygens (including phenoxy) is 1. The summed E-state index contributed by atoms with van der Waals surface area (Å²) in [5, 5.41) is 11.3. The van der Waals surface area contributed by atoms with Gasteiger partial charge in [0.15, 0.2) is 0 Å². The first-order valence-electron chi connectivity index (χ1n) is 6.62. The molecule has 1 aliphatic rings. The molecule has 1 aromatic heterocycles. The van der Waals surface area contributed by atoms with Crippen LogP contribution in [0.5, 0.6) is 0 Å². The molecule has 0 unspecified atom stereocenters.